The lowest BCUT2D eigenvalue weighted by atomic mass is 10.2. The maximum Gasteiger partial charge on any atom is 0.315 e. The van der Waals surface area contributed by atoms with E-state index in [4.69, 9.17) is 10.3 Å². The molecule has 1 aromatic carbocycles. The van der Waals surface area contributed by atoms with Gasteiger partial charge in [0.1, 0.15) is 6.04 Å². The van der Waals surface area contributed by atoms with Crippen LogP contribution in [0.25, 0.3) is 11.4 Å². The standard InChI is InChI=1S/C13H13BrN4O2/c14-9-4-1-3-8(7-9)11-16-12(20-17-11)10-5-2-6-18(10)13(15)19/h1,3-4,7,10H,2,5-6H2,(H2,15,19). The van der Waals surface area contributed by atoms with E-state index < -0.39 is 6.03 Å². The number of benzene rings is 1. The highest BCUT2D eigenvalue weighted by atomic mass is 79.9. The van der Waals surface area contributed by atoms with Gasteiger partial charge in [0, 0.05) is 16.6 Å². The summed E-state index contributed by atoms with van der Waals surface area (Å²) < 4.78 is 6.24. The first-order valence-corrected chi connectivity index (χ1v) is 7.10. The van der Waals surface area contributed by atoms with E-state index in [1.807, 2.05) is 24.3 Å². The number of rotatable bonds is 2. The molecule has 1 atom stereocenters. The molecule has 0 saturated carbocycles. The average molecular weight is 337 g/mol. The summed E-state index contributed by atoms with van der Waals surface area (Å²) in [6.45, 7) is 0.634. The molecule has 0 aliphatic carbocycles. The number of primary amides is 1. The molecule has 1 aromatic heterocycles. The summed E-state index contributed by atoms with van der Waals surface area (Å²) in [6.07, 6.45) is 1.69. The van der Waals surface area contributed by atoms with E-state index in [9.17, 15) is 4.79 Å². The second kappa shape index (κ2) is 5.24. The third kappa shape index (κ3) is 2.40. The van der Waals surface area contributed by atoms with Crippen LogP contribution in [0.2, 0.25) is 0 Å². The van der Waals surface area contributed by atoms with E-state index in [2.05, 4.69) is 26.1 Å². The van der Waals surface area contributed by atoms with Gasteiger partial charge in [0.05, 0.1) is 0 Å². The number of hydrogen-bond acceptors (Lipinski definition) is 4. The molecule has 1 aliphatic heterocycles. The van der Waals surface area contributed by atoms with Crippen molar-refractivity contribution in [2.75, 3.05) is 6.54 Å². The zero-order valence-corrected chi connectivity index (χ0v) is 12.2. The van der Waals surface area contributed by atoms with Crippen LogP contribution in [0.15, 0.2) is 33.3 Å². The molecule has 1 fully saturated rings. The van der Waals surface area contributed by atoms with Crippen LogP contribution < -0.4 is 5.73 Å². The SMILES string of the molecule is NC(=O)N1CCCC1c1nc(-c2cccc(Br)c2)no1. The Balaban J connectivity index is 1.89. The van der Waals surface area contributed by atoms with Gasteiger partial charge in [-0.1, -0.05) is 33.2 Å². The van der Waals surface area contributed by atoms with Crippen LogP contribution in [0.4, 0.5) is 4.79 Å². The fourth-order valence-electron chi connectivity index (χ4n) is 2.40. The molecule has 0 spiro atoms. The number of nitrogens with two attached hydrogens (primary N) is 1. The van der Waals surface area contributed by atoms with E-state index in [1.54, 1.807) is 4.90 Å². The van der Waals surface area contributed by atoms with Gasteiger partial charge in [0.25, 0.3) is 0 Å². The van der Waals surface area contributed by atoms with Crippen molar-refractivity contribution < 1.29 is 9.32 Å². The zero-order valence-electron chi connectivity index (χ0n) is 10.6. The lowest BCUT2D eigenvalue weighted by Gasteiger charge is -2.18. The quantitative estimate of drug-likeness (QED) is 0.913. The number of halogens is 1. The second-order valence-electron chi connectivity index (χ2n) is 4.66. The predicted octanol–water partition coefficient (Wildman–Crippen LogP) is 2.71. The third-order valence-electron chi connectivity index (χ3n) is 3.35. The Hall–Kier alpha value is -1.89. The predicted molar refractivity (Wildman–Crippen MR) is 75.7 cm³/mol. The molecule has 2 aromatic rings. The minimum Gasteiger partial charge on any atom is -0.351 e. The number of aromatic nitrogens is 2. The highest BCUT2D eigenvalue weighted by Crippen LogP contribution is 2.31. The summed E-state index contributed by atoms with van der Waals surface area (Å²) in [6, 6.07) is 6.99. The highest BCUT2D eigenvalue weighted by molar-refractivity contribution is 9.10. The summed E-state index contributed by atoms with van der Waals surface area (Å²) >= 11 is 3.41. The fraction of sp³-hybridized carbons (Fsp3) is 0.308. The molecule has 2 N–H and O–H groups in total. The van der Waals surface area contributed by atoms with Crippen molar-refractivity contribution >= 4 is 22.0 Å². The summed E-state index contributed by atoms with van der Waals surface area (Å²) in [5, 5.41) is 3.98. The van der Waals surface area contributed by atoms with Gasteiger partial charge < -0.3 is 15.2 Å². The number of nitrogens with zero attached hydrogens (tertiary/aromatic N) is 3. The Bertz CT molecular complexity index is 643. The monoisotopic (exact) mass is 336 g/mol. The Kier molecular flexibility index (Phi) is 3.43. The van der Waals surface area contributed by atoms with Crippen LogP contribution in [0.3, 0.4) is 0 Å². The molecule has 6 nitrogen and oxygen atoms in total. The number of hydrogen-bond donors (Lipinski definition) is 1. The van der Waals surface area contributed by atoms with Crippen molar-refractivity contribution in [3.63, 3.8) is 0 Å². The van der Waals surface area contributed by atoms with Gasteiger partial charge in [0.15, 0.2) is 0 Å². The van der Waals surface area contributed by atoms with Gasteiger partial charge in [-0.15, -0.1) is 0 Å². The summed E-state index contributed by atoms with van der Waals surface area (Å²) in [5.41, 5.74) is 6.21. The Morgan fingerprint density at radius 2 is 2.35 bits per heavy atom. The van der Waals surface area contributed by atoms with Crippen LogP contribution in [-0.2, 0) is 0 Å². The molecule has 7 heteroatoms. The van der Waals surface area contributed by atoms with E-state index in [-0.39, 0.29) is 6.04 Å². The van der Waals surface area contributed by atoms with Gasteiger partial charge in [-0.25, -0.2) is 4.79 Å². The molecule has 1 saturated heterocycles. The van der Waals surface area contributed by atoms with Crippen LogP contribution in [0.1, 0.15) is 24.8 Å². The molecule has 1 aliphatic rings. The molecule has 20 heavy (non-hydrogen) atoms. The van der Waals surface area contributed by atoms with Crippen molar-refractivity contribution in [3.05, 3.63) is 34.6 Å². The molecule has 0 bridgehead atoms. The van der Waals surface area contributed by atoms with Gasteiger partial charge in [-0.05, 0) is 25.0 Å². The average Bonchev–Trinajstić information content (AvgIpc) is 3.07. The Morgan fingerprint density at radius 3 is 3.10 bits per heavy atom. The minimum atomic E-state index is -0.449. The zero-order chi connectivity index (χ0) is 14.1. The van der Waals surface area contributed by atoms with E-state index in [0.717, 1.165) is 22.9 Å². The number of carbonyl (C=O) groups is 1. The van der Waals surface area contributed by atoms with Crippen molar-refractivity contribution in [2.24, 2.45) is 5.73 Å². The summed E-state index contributed by atoms with van der Waals surface area (Å²) in [7, 11) is 0. The van der Waals surface area contributed by atoms with Gasteiger partial charge in [0.2, 0.25) is 11.7 Å². The van der Waals surface area contributed by atoms with E-state index in [1.165, 1.54) is 0 Å². The molecule has 1 unspecified atom stereocenters. The van der Waals surface area contributed by atoms with E-state index in [0.29, 0.717) is 18.3 Å². The normalized spacial score (nSPS) is 18.4. The molecule has 104 valence electrons. The number of likely N-dealkylation sites (tertiary alicyclic amines) is 1. The van der Waals surface area contributed by atoms with Crippen LogP contribution in [-0.4, -0.2) is 27.6 Å². The minimum absolute atomic E-state index is 0.207. The van der Waals surface area contributed by atoms with Crippen molar-refractivity contribution in [1.29, 1.82) is 0 Å². The highest BCUT2D eigenvalue weighted by Gasteiger charge is 2.33. The van der Waals surface area contributed by atoms with Crippen molar-refractivity contribution in [1.82, 2.24) is 15.0 Å². The first-order valence-electron chi connectivity index (χ1n) is 6.31. The lowest BCUT2D eigenvalue weighted by Crippen LogP contribution is -2.35. The maximum atomic E-state index is 11.4. The van der Waals surface area contributed by atoms with Gasteiger partial charge in [-0.2, -0.15) is 4.98 Å². The fourth-order valence-corrected chi connectivity index (χ4v) is 2.80. The van der Waals surface area contributed by atoms with Gasteiger partial charge >= 0.3 is 6.03 Å². The van der Waals surface area contributed by atoms with Crippen molar-refractivity contribution in [3.8, 4) is 11.4 Å². The number of amides is 2. The number of urea groups is 1. The summed E-state index contributed by atoms with van der Waals surface area (Å²) in [4.78, 5) is 17.3. The molecular formula is C13H13BrN4O2. The van der Waals surface area contributed by atoms with Crippen LogP contribution in [0.5, 0.6) is 0 Å². The molecule has 2 amide bonds. The molecule has 0 radical (unpaired) electrons. The van der Waals surface area contributed by atoms with Crippen LogP contribution in [0, 0.1) is 0 Å². The first kappa shape index (κ1) is 13.1. The molecular weight excluding hydrogens is 324 g/mol. The first-order chi connectivity index (χ1) is 9.65. The maximum absolute atomic E-state index is 11.4. The van der Waals surface area contributed by atoms with E-state index >= 15 is 0 Å². The van der Waals surface area contributed by atoms with Gasteiger partial charge in [-0.3, -0.25) is 0 Å². The third-order valence-corrected chi connectivity index (χ3v) is 3.84. The second-order valence-corrected chi connectivity index (χ2v) is 5.57. The molecule has 3 rings (SSSR count). The summed E-state index contributed by atoms with van der Waals surface area (Å²) in [5.74, 6) is 0.953. The largest absolute Gasteiger partial charge is 0.351 e. The Morgan fingerprint density at radius 1 is 1.50 bits per heavy atom. The van der Waals surface area contributed by atoms with Crippen molar-refractivity contribution in [2.45, 2.75) is 18.9 Å². The lowest BCUT2D eigenvalue weighted by molar-refractivity contribution is 0.189. The Labute approximate surface area is 124 Å². The molecule has 2 heterocycles. The topological polar surface area (TPSA) is 85.3 Å². The number of carbonyl (C=O) groups excluding carboxylic acids is 1. The van der Waals surface area contributed by atoms with Crippen LogP contribution >= 0.6 is 15.9 Å². The smallest absolute Gasteiger partial charge is 0.315 e.